The number of hydrogen-bond donors (Lipinski definition) is 0. The van der Waals surface area contributed by atoms with Crippen LogP contribution in [0.4, 0.5) is 9.59 Å². The number of carbonyl (C=O) groups excluding carboxylic acids is 6. The van der Waals surface area contributed by atoms with Gasteiger partial charge in [-0.1, -0.05) is 221 Å². The van der Waals surface area contributed by atoms with Crippen LogP contribution in [-0.4, -0.2) is 161 Å². The highest BCUT2D eigenvalue weighted by atomic mass is 16.6. The molecule has 0 heterocycles. The Morgan fingerprint density at radius 3 is 0.711 bits per heavy atom. The van der Waals surface area contributed by atoms with Crippen molar-refractivity contribution in [3.63, 3.8) is 0 Å². The lowest BCUT2D eigenvalue weighted by atomic mass is 10.1. The zero-order valence-corrected chi connectivity index (χ0v) is 49.6. The Hall–Kier alpha value is -3.66. The molecule has 0 atom stereocenters. The third-order valence-corrected chi connectivity index (χ3v) is 13.7. The van der Waals surface area contributed by atoms with Gasteiger partial charge in [-0.15, -0.1) is 0 Å². The number of esters is 4. The molecule has 0 aliphatic carbocycles. The molecule has 16 nitrogen and oxygen atoms in total. The summed E-state index contributed by atoms with van der Waals surface area (Å²) >= 11 is 0. The van der Waals surface area contributed by atoms with Crippen LogP contribution in [0.25, 0.3) is 0 Å². The smallest absolute Gasteiger partial charge is 0.410 e. The van der Waals surface area contributed by atoms with Crippen molar-refractivity contribution in [3.05, 3.63) is 0 Å². The van der Waals surface area contributed by atoms with Gasteiger partial charge in [-0.3, -0.25) is 33.9 Å². The van der Waals surface area contributed by atoms with E-state index in [1.807, 2.05) is 4.90 Å². The summed E-state index contributed by atoms with van der Waals surface area (Å²) in [6.07, 6.45) is 33.5. The van der Waals surface area contributed by atoms with E-state index in [2.05, 4.69) is 46.4 Å². The van der Waals surface area contributed by atoms with Crippen molar-refractivity contribution in [2.75, 3.05) is 105 Å². The van der Waals surface area contributed by atoms with E-state index in [1.54, 1.807) is 0 Å². The summed E-state index contributed by atoms with van der Waals surface area (Å²) in [4.78, 5) is 85.4. The molecule has 0 aromatic carbocycles. The third-order valence-electron chi connectivity index (χ3n) is 13.7. The number of carbonyl (C=O) groups is 6. The predicted octanol–water partition coefficient (Wildman–Crippen LogP) is 13.2. The SMILES string of the molecule is CCCCCCCCCCOC(=O)CN(CC(=O)OCCCCCCCCCC)C(=O)OCCN(CCOC(=O)N(CC(=O)OCCCCCCCCCC)CC(=O)OCCCCCCCCCC)CCN(CC)CC. The van der Waals surface area contributed by atoms with E-state index in [0.717, 1.165) is 126 Å². The van der Waals surface area contributed by atoms with Gasteiger partial charge in [0.1, 0.15) is 39.4 Å². The normalized spacial score (nSPS) is 11.2. The van der Waals surface area contributed by atoms with Crippen molar-refractivity contribution < 1.29 is 57.2 Å². The molecule has 0 aliphatic rings. The Morgan fingerprint density at radius 1 is 0.250 bits per heavy atom. The molecule has 16 heteroatoms. The van der Waals surface area contributed by atoms with Crippen LogP contribution >= 0.6 is 0 Å². The van der Waals surface area contributed by atoms with Crippen molar-refractivity contribution in [1.29, 1.82) is 0 Å². The molecule has 76 heavy (non-hydrogen) atoms. The lowest BCUT2D eigenvalue weighted by molar-refractivity contribution is -0.149. The number of amides is 2. The van der Waals surface area contributed by atoms with Crippen LogP contribution in [0.3, 0.4) is 0 Å². The highest BCUT2D eigenvalue weighted by Crippen LogP contribution is 2.13. The topological polar surface area (TPSA) is 171 Å². The number of nitrogens with zero attached hydrogens (tertiary/aromatic N) is 4. The standard InChI is InChI=1S/C60H114N4O12/c1-7-13-17-21-25-29-33-37-45-71-55(65)51-63(52-56(66)72-46-38-34-30-26-22-18-14-8-2)59(69)75-49-43-62(42-41-61(11-5)12-6)44-50-76-60(70)64(53-57(67)73-47-39-35-31-27-23-19-15-9-3)54-58(68)74-48-40-36-32-28-24-20-16-10-4/h7-54H2,1-6H3. The van der Waals surface area contributed by atoms with Crippen molar-refractivity contribution in [2.45, 2.75) is 247 Å². The number of unbranched alkanes of at least 4 members (excludes halogenated alkanes) is 28. The molecule has 0 saturated carbocycles. The van der Waals surface area contributed by atoms with E-state index < -0.39 is 62.2 Å². The van der Waals surface area contributed by atoms with E-state index in [4.69, 9.17) is 28.4 Å². The van der Waals surface area contributed by atoms with E-state index in [-0.39, 0.29) is 52.7 Å². The molecule has 0 rings (SSSR count). The van der Waals surface area contributed by atoms with Crippen LogP contribution in [0, 0.1) is 0 Å². The zero-order chi connectivity index (χ0) is 56.0. The highest BCUT2D eigenvalue weighted by Gasteiger charge is 2.26. The largest absolute Gasteiger partial charge is 0.464 e. The fourth-order valence-corrected chi connectivity index (χ4v) is 8.73. The lowest BCUT2D eigenvalue weighted by Gasteiger charge is -2.27. The first-order chi connectivity index (χ1) is 37.0. The van der Waals surface area contributed by atoms with Crippen LogP contribution in [0.15, 0.2) is 0 Å². The molecule has 0 N–H and O–H groups in total. The first-order valence-electron chi connectivity index (χ1n) is 30.9. The zero-order valence-electron chi connectivity index (χ0n) is 49.6. The van der Waals surface area contributed by atoms with Gasteiger partial charge in [0.2, 0.25) is 0 Å². The second kappa shape index (κ2) is 54.7. The fourth-order valence-electron chi connectivity index (χ4n) is 8.73. The summed E-state index contributed by atoms with van der Waals surface area (Å²) < 4.78 is 33.3. The first kappa shape index (κ1) is 72.3. The van der Waals surface area contributed by atoms with Gasteiger partial charge in [-0.2, -0.15) is 0 Å². The van der Waals surface area contributed by atoms with Crippen molar-refractivity contribution in [3.8, 4) is 0 Å². The first-order valence-corrected chi connectivity index (χ1v) is 30.9. The minimum Gasteiger partial charge on any atom is -0.464 e. The summed E-state index contributed by atoms with van der Waals surface area (Å²) in [5.41, 5.74) is 0. The second-order valence-corrected chi connectivity index (χ2v) is 20.6. The van der Waals surface area contributed by atoms with E-state index >= 15 is 0 Å². The Balaban J connectivity index is 5.66. The Kier molecular flexibility index (Phi) is 52.1. The van der Waals surface area contributed by atoms with Crippen LogP contribution in [0.5, 0.6) is 0 Å². The van der Waals surface area contributed by atoms with Crippen molar-refractivity contribution >= 4 is 36.1 Å². The highest BCUT2D eigenvalue weighted by molar-refractivity contribution is 5.83. The van der Waals surface area contributed by atoms with Gasteiger partial charge >= 0.3 is 36.1 Å². The molecule has 2 amide bonds. The Morgan fingerprint density at radius 2 is 0.474 bits per heavy atom. The molecule has 446 valence electrons. The molecule has 0 aromatic rings. The number of likely N-dealkylation sites (N-methyl/N-ethyl adjacent to an activating group) is 1. The average molecular weight is 1080 g/mol. The monoisotopic (exact) mass is 1080 g/mol. The maximum atomic E-state index is 13.6. The van der Waals surface area contributed by atoms with Crippen LogP contribution in [0.2, 0.25) is 0 Å². The molecule has 0 fully saturated rings. The Bertz CT molecular complexity index is 1240. The van der Waals surface area contributed by atoms with E-state index in [1.165, 1.54) is 103 Å². The Labute approximate surface area is 463 Å². The molecule has 0 radical (unpaired) electrons. The molecule has 0 saturated heterocycles. The number of ether oxygens (including phenoxy) is 6. The summed E-state index contributed by atoms with van der Waals surface area (Å²) in [6.45, 7) is 15.3. The minimum absolute atomic E-state index is 0.0797. The van der Waals surface area contributed by atoms with Crippen molar-refractivity contribution in [2.24, 2.45) is 0 Å². The quantitative estimate of drug-likeness (QED) is 0.0320. The summed E-state index contributed by atoms with van der Waals surface area (Å²) in [6, 6.07) is 0. The summed E-state index contributed by atoms with van der Waals surface area (Å²) in [5, 5.41) is 0. The minimum atomic E-state index is -0.845. The molecular formula is C60H114N4O12. The third kappa shape index (κ3) is 46.4. The number of rotatable bonds is 55. The lowest BCUT2D eigenvalue weighted by Crippen LogP contribution is -2.43. The molecule has 0 bridgehead atoms. The van der Waals surface area contributed by atoms with Gasteiger partial charge < -0.3 is 33.3 Å². The maximum Gasteiger partial charge on any atom is 0.410 e. The molecule has 0 spiro atoms. The van der Waals surface area contributed by atoms with Crippen LogP contribution in [-0.2, 0) is 47.6 Å². The van der Waals surface area contributed by atoms with Gasteiger partial charge in [0.15, 0.2) is 0 Å². The van der Waals surface area contributed by atoms with Gasteiger partial charge in [-0.25, -0.2) is 9.59 Å². The van der Waals surface area contributed by atoms with E-state index in [0.29, 0.717) is 13.1 Å². The molecule has 0 aromatic heterocycles. The summed E-state index contributed by atoms with van der Waals surface area (Å²) in [7, 11) is 0. The second-order valence-electron chi connectivity index (χ2n) is 20.6. The molecular weight excluding hydrogens is 969 g/mol. The predicted molar refractivity (Wildman–Crippen MR) is 304 cm³/mol. The van der Waals surface area contributed by atoms with Crippen LogP contribution in [0.1, 0.15) is 247 Å². The maximum absolute atomic E-state index is 13.6. The van der Waals surface area contributed by atoms with Crippen LogP contribution < -0.4 is 0 Å². The number of hydrogen-bond acceptors (Lipinski definition) is 14. The summed E-state index contributed by atoms with van der Waals surface area (Å²) in [5.74, 6) is -2.50. The molecule has 0 unspecified atom stereocenters. The van der Waals surface area contributed by atoms with Gasteiger partial charge in [0, 0.05) is 26.2 Å². The van der Waals surface area contributed by atoms with Gasteiger partial charge in [0.25, 0.3) is 0 Å². The van der Waals surface area contributed by atoms with E-state index in [9.17, 15) is 28.8 Å². The fraction of sp³-hybridized carbons (Fsp3) is 0.900. The van der Waals surface area contributed by atoms with Crippen molar-refractivity contribution in [1.82, 2.24) is 19.6 Å². The van der Waals surface area contributed by atoms with Gasteiger partial charge in [-0.05, 0) is 38.8 Å². The molecule has 0 aliphatic heterocycles. The van der Waals surface area contributed by atoms with Gasteiger partial charge in [0.05, 0.1) is 26.4 Å². The average Bonchev–Trinajstić information content (AvgIpc) is 3.40.